The fourth-order valence-corrected chi connectivity index (χ4v) is 4.31. The van der Waals surface area contributed by atoms with Crippen molar-refractivity contribution in [2.24, 2.45) is 0 Å². The van der Waals surface area contributed by atoms with Crippen LogP contribution in [-0.2, 0) is 17.8 Å². The number of benzene rings is 3. The van der Waals surface area contributed by atoms with Gasteiger partial charge in [-0.2, -0.15) is 0 Å². The lowest BCUT2D eigenvalue weighted by Crippen LogP contribution is -2.31. The minimum Gasteiger partial charge on any atom is -0.497 e. The predicted octanol–water partition coefficient (Wildman–Crippen LogP) is 5.48. The van der Waals surface area contributed by atoms with Gasteiger partial charge in [0.25, 0.3) is 0 Å². The number of aromatic nitrogens is 1. The molecule has 1 aromatic heterocycles. The Balaban J connectivity index is 1.62. The van der Waals surface area contributed by atoms with Crippen LogP contribution in [0.4, 0.5) is 5.13 Å². The van der Waals surface area contributed by atoms with Gasteiger partial charge in [-0.25, -0.2) is 4.98 Å². The van der Waals surface area contributed by atoms with Crippen LogP contribution in [0.15, 0.2) is 72.8 Å². The van der Waals surface area contributed by atoms with Crippen molar-refractivity contribution in [2.75, 3.05) is 18.6 Å². The molecule has 3 aromatic carbocycles. The van der Waals surface area contributed by atoms with E-state index in [-0.39, 0.29) is 5.91 Å². The van der Waals surface area contributed by atoms with Crippen LogP contribution in [0.3, 0.4) is 0 Å². The highest BCUT2D eigenvalue weighted by atomic mass is 32.1. The van der Waals surface area contributed by atoms with Crippen LogP contribution in [0.5, 0.6) is 11.5 Å². The molecule has 0 atom stereocenters. The van der Waals surface area contributed by atoms with Gasteiger partial charge in [-0.05, 0) is 48.4 Å². The van der Waals surface area contributed by atoms with Crippen molar-refractivity contribution in [1.82, 2.24) is 4.98 Å². The smallest absolute Gasteiger partial charge is 0.233 e. The first-order valence-electron chi connectivity index (χ1n) is 10.2. The highest BCUT2D eigenvalue weighted by Gasteiger charge is 2.21. The summed E-state index contributed by atoms with van der Waals surface area (Å²) in [4.78, 5) is 19.9. The van der Waals surface area contributed by atoms with E-state index >= 15 is 0 Å². The van der Waals surface area contributed by atoms with Crippen LogP contribution >= 0.6 is 11.3 Å². The van der Waals surface area contributed by atoms with Crippen LogP contribution in [0.25, 0.3) is 10.2 Å². The first kappa shape index (κ1) is 20.9. The fraction of sp³-hybridized carbons (Fsp3) is 0.200. The molecule has 0 aliphatic heterocycles. The Labute approximate surface area is 185 Å². The number of thiazole rings is 1. The van der Waals surface area contributed by atoms with E-state index in [4.69, 9.17) is 14.5 Å². The molecule has 0 aliphatic rings. The summed E-state index contributed by atoms with van der Waals surface area (Å²) in [5.74, 6) is 1.58. The molecule has 158 valence electrons. The number of hydrogen-bond donors (Lipinski definition) is 0. The highest BCUT2D eigenvalue weighted by Crippen LogP contribution is 2.32. The number of methoxy groups -OCH3 is 1. The summed E-state index contributed by atoms with van der Waals surface area (Å²) in [5, 5.41) is 0.683. The average molecular weight is 433 g/mol. The van der Waals surface area contributed by atoms with Crippen molar-refractivity contribution >= 4 is 32.6 Å². The second-order valence-electron chi connectivity index (χ2n) is 7.05. The minimum absolute atomic E-state index is 0.000894. The Morgan fingerprint density at radius 1 is 0.968 bits per heavy atom. The largest absolute Gasteiger partial charge is 0.497 e. The van der Waals surface area contributed by atoms with E-state index < -0.39 is 0 Å². The van der Waals surface area contributed by atoms with E-state index in [1.807, 2.05) is 79.7 Å². The van der Waals surface area contributed by atoms with Gasteiger partial charge in [0.15, 0.2) is 5.13 Å². The lowest BCUT2D eigenvalue weighted by Gasteiger charge is -2.20. The summed E-state index contributed by atoms with van der Waals surface area (Å²) in [6.45, 7) is 3.03. The third-order valence-corrected chi connectivity index (χ3v) is 5.93. The molecule has 0 saturated carbocycles. The fourth-order valence-electron chi connectivity index (χ4n) is 3.30. The Bertz CT molecular complexity index is 1160. The zero-order chi connectivity index (χ0) is 21.6. The number of carbonyl (C=O) groups is 1. The number of nitrogens with zero attached hydrogens (tertiary/aromatic N) is 2. The van der Waals surface area contributed by atoms with Crippen molar-refractivity contribution in [3.8, 4) is 11.5 Å². The van der Waals surface area contributed by atoms with Crippen LogP contribution in [-0.4, -0.2) is 24.6 Å². The summed E-state index contributed by atoms with van der Waals surface area (Å²) < 4.78 is 11.8. The number of fused-ring (bicyclic) bond motifs is 1. The van der Waals surface area contributed by atoms with Crippen molar-refractivity contribution in [1.29, 1.82) is 0 Å². The zero-order valence-electron chi connectivity index (χ0n) is 17.6. The SMILES string of the molecule is CCOc1ccc(CC(=O)N(Cc2ccccc2)c2nc3ccc(OC)cc3s2)cc1. The van der Waals surface area contributed by atoms with E-state index in [0.29, 0.717) is 24.7 Å². The number of amides is 1. The Kier molecular flexibility index (Phi) is 6.48. The summed E-state index contributed by atoms with van der Waals surface area (Å²) in [6.07, 6.45) is 0.290. The lowest BCUT2D eigenvalue weighted by atomic mass is 10.1. The Morgan fingerprint density at radius 3 is 2.42 bits per heavy atom. The standard InChI is InChI=1S/C25H24N2O3S/c1-3-30-20-11-9-18(10-12-20)15-24(28)27(17-19-7-5-4-6-8-19)25-26-22-14-13-21(29-2)16-23(22)31-25/h4-14,16H,3,15,17H2,1-2H3. The molecule has 0 saturated heterocycles. The molecule has 31 heavy (non-hydrogen) atoms. The quantitative estimate of drug-likeness (QED) is 0.370. The normalized spacial score (nSPS) is 10.8. The molecule has 0 radical (unpaired) electrons. The minimum atomic E-state index is -0.000894. The predicted molar refractivity (Wildman–Crippen MR) is 125 cm³/mol. The second kappa shape index (κ2) is 9.62. The van der Waals surface area contributed by atoms with Gasteiger partial charge in [0.2, 0.25) is 5.91 Å². The summed E-state index contributed by atoms with van der Waals surface area (Å²) in [7, 11) is 1.64. The van der Waals surface area contributed by atoms with Gasteiger partial charge in [0, 0.05) is 0 Å². The van der Waals surface area contributed by atoms with Crippen LogP contribution in [0.1, 0.15) is 18.1 Å². The van der Waals surface area contributed by atoms with E-state index in [0.717, 1.165) is 32.8 Å². The number of ether oxygens (including phenoxy) is 2. The van der Waals surface area contributed by atoms with E-state index in [9.17, 15) is 4.79 Å². The van der Waals surface area contributed by atoms with Crippen molar-refractivity contribution in [3.63, 3.8) is 0 Å². The van der Waals surface area contributed by atoms with Gasteiger partial charge in [0.05, 0.1) is 36.9 Å². The van der Waals surface area contributed by atoms with Gasteiger partial charge in [-0.1, -0.05) is 53.8 Å². The Morgan fingerprint density at radius 2 is 1.71 bits per heavy atom. The molecular formula is C25H24N2O3S. The van der Waals surface area contributed by atoms with Gasteiger partial charge in [-0.15, -0.1) is 0 Å². The maximum absolute atomic E-state index is 13.4. The summed E-state index contributed by atoms with van der Waals surface area (Å²) >= 11 is 1.50. The first-order valence-corrected chi connectivity index (χ1v) is 11.0. The van der Waals surface area contributed by atoms with Crippen LogP contribution < -0.4 is 14.4 Å². The molecule has 1 amide bonds. The molecule has 4 rings (SSSR count). The van der Waals surface area contributed by atoms with Crippen molar-refractivity contribution < 1.29 is 14.3 Å². The number of rotatable bonds is 8. The number of carbonyl (C=O) groups excluding carboxylic acids is 1. The van der Waals surface area contributed by atoms with Gasteiger partial charge >= 0.3 is 0 Å². The molecule has 0 spiro atoms. The topological polar surface area (TPSA) is 51.7 Å². The summed E-state index contributed by atoms with van der Waals surface area (Å²) in [5.41, 5.74) is 2.85. The van der Waals surface area contributed by atoms with Crippen molar-refractivity contribution in [2.45, 2.75) is 19.9 Å². The first-order chi connectivity index (χ1) is 15.2. The molecule has 4 aromatic rings. The third kappa shape index (κ3) is 5.03. The summed E-state index contributed by atoms with van der Waals surface area (Å²) in [6, 6.07) is 23.4. The number of hydrogen-bond acceptors (Lipinski definition) is 5. The molecule has 1 heterocycles. The molecule has 0 unspecified atom stereocenters. The van der Waals surface area contributed by atoms with Gasteiger partial charge in [0.1, 0.15) is 11.5 Å². The maximum Gasteiger partial charge on any atom is 0.233 e. The van der Waals surface area contributed by atoms with Gasteiger partial charge < -0.3 is 9.47 Å². The molecule has 0 N–H and O–H groups in total. The lowest BCUT2D eigenvalue weighted by molar-refractivity contribution is -0.118. The molecule has 6 heteroatoms. The number of anilines is 1. The van der Waals surface area contributed by atoms with Crippen LogP contribution in [0.2, 0.25) is 0 Å². The van der Waals surface area contributed by atoms with Gasteiger partial charge in [-0.3, -0.25) is 9.69 Å². The second-order valence-corrected chi connectivity index (χ2v) is 8.06. The van der Waals surface area contributed by atoms with Crippen LogP contribution in [0, 0.1) is 0 Å². The van der Waals surface area contributed by atoms with E-state index in [1.54, 1.807) is 12.0 Å². The Hall–Kier alpha value is -3.38. The molecule has 0 fully saturated rings. The average Bonchev–Trinajstić information content (AvgIpc) is 3.22. The van der Waals surface area contributed by atoms with E-state index in [2.05, 4.69) is 0 Å². The third-order valence-electron chi connectivity index (χ3n) is 4.89. The maximum atomic E-state index is 13.4. The van der Waals surface area contributed by atoms with Crippen molar-refractivity contribution in [3.05, 3.63) is 83.9 Å². The molecule has 5 nitrogen and oxygen atoms in total. The van der Waals surface area contributed by atoms with E-state index in [1.165, 1.54) is 11.3 Å². The molecular weight excluding hydrogens is 408 g/mol. The highest BCUT2D eigenvalue weighted by molar-refractivity contribution is 7.22. The molecule has 0 aliphatic carbocycles. The zero-order valence-corrected chi connectivity index (χ0v) is 18.4. The monoisotopic (exact) mass is 432 g/mol. The molecule has 0 bridgehead atoms.